The van der Waals surface area contributed by atoms with Gasteiger partial charge in [-0.2, -0.15) is 26.3 Å². The molecule has 0 unspecified atom stereocenters. The number of amides is 2. The van der Waals surface area contributed by atoms with E-state index in [9.17, 15) is 35.9 Å². The Morgan fingerprint density at radius 3 is 1.90 bits per heavy atom. The fourth-order valence-electron chi connectivity index (χ4n) is 4.47. The fourth-order valence-corrected chi connectivity index (χ4v) is 4.47. The van der Waals surface area contributed by atoms with Gasteiger partial charge in [-0.25, -0.2) is 4.79 Å². The van der Waals surface area contributed by atoms with Gasteiger partial charge in [-0.05, 0) is 65.8 Å². The lowest BCUT2D eigenvalue weighted by Crippen LogP contribution is -2.34. The molecular weight excluding hydrogens is 536 g/mol. The van der Waals surface area contributed by atoms with Crippen LogP contribution in [0.15, 0.2) is 65.5 Å². The summed E-state index contributed by atoms with van der Waals surface area (Å²) in [5.74, 6) is 0.129. The van der Waals surface area contributed by atoms with E-state index in [2.05, 4.69) is 5.32 Å². The number of alkyl halides is 6. The van der Waals surface area contributed by atoms with Crippen molar-refractivity contribution in [1.82, 2.24) is 9.47 Å². The molecule has 40 heavy (non-hydrogen) atoms. The molecule has 5 nitrogen and oxygen atoms in total. The van der Waals surface area contributed by atoms with Crippen LogP contribution in [-0.4, -0.2) is 22.5 Å². The second-order valence-corrected chi connectivity index (χ2v) is 9.64. The maximum Gasteiger partial charge on any atom is 0.416 e. The second-order valence-electron chi connectivity index (χ2n) is 9.64. The number of carbonyl (C=O) groups excluding carboxylic acids is 1. The smallest absolute Gasteiger partial charge is 0.323 e. The quantitative estimate of drug-likeness (QED) is 0.262. The van der Waals surface area contributed by atoms with Crippen molar-refractivity contribution in [3.63, 3.8) is 0 Å². The number of benzene rings is 3. The number of hydrogen-bond acceptors (Lipinski definition) is 2. The minimum Gasteiger partial charge on any atom is -0.323 e. The number of fused-ring (bicyclic) bond motifs is 1. The summed E-state index contributed by atoms with van der Waals surface area (Å²) in [6, 6.07) is 12.9. The summed E-state index contributed by atoms with van der Waals surface area (Å²) in [4.78, 5) is 27.5. The molecule has 1 heterocycles. The Labute approximate surface area is 225 Å². The van der Waals surface area contributed by atoms with Crippen LogP contribution in [0.3, 0.4) is 0 Å². The van der Waals surface area contributed by atoms with Gasteiger partial charge in [0.05, 0.1) is 11.1 Å². The van der Waals surface area contributed by atoms with E-state index in [-0.39, 0.29) is 23.0 Å². The molecule has 0 saturated carbocycles. The van der Waals surface area contributed by atoms with E-state index in [1.165, 1.54) is 18.7 Å². The van der Waals surface area contributed by atoms with E-state index in [1.807, 2.05) is 19.9 Å². The summed E-state index contributed by atoms with van der Waals surface area (Å²) in [6.07, 6.45) is -10.0. The van der Waals surface area contributed by atoms with Gasteiger partial charge in [0.25, 0.3) is 5.56 Å². The molecule has 1 N–H and O–H groups in total. The number of carbonyl (C=O) groups is 1. The maximum absolute atomic E-state index is 13.3. The Kier molecular flexibility index (Phi) is 7.44. The summed E-state index contributed by atoms with van der Waals surface area (Å²) in [7, 11) is 2.71. The molecule has 0 spiro atoms. The van der Waals surface area contributed by atoms with Crippen LogP contribution in [0.2, 0.25) is 0 Å². The summed E-state index contributed by atoms with van der Waals surface area (Å²) >= 11 is 0. The number of hydrogen-bond donors (Lipinski definition) is 1. The van der Waals surface area contributed by atoms with Crippen molar-refractivity contribution < 1.29 is 31.1 Å². The van der Waals surface area contributed by atoms with Gasteiger partial charge in [-0.1, -0.05) is 36.4 Å². The SMILES string of the molecule is Cc1cc2c(-c3ccccc3)c(NC(=O)N(C)Cc3cc(C(F)(F)F)cc(C(F)(F)F)c3)n(C)c(=O)c2cc1C. The van der Waals surface area contributed by atoms with Crippen LogP contribution in [0.25, 0.3) is 21.9 Å². The minimum absolute atomic E-state index is 0.0320. The van der Waals surface area contributed by atoms with Crippen molar-refractivity contribution in [1.29, 1.82) is 0 Å². The minimum atomic E-state index is -5.01. The van der Waals surface area contributed by atoms with Crippen LogP contribution >= 0.6 is 0 Å². The number of aromatic nitrogens is 1. The van der Waals surface area contributed by atoms with E-state index in [0.717, 1.165) is 16.0 Å². The second kappa shape index (κ2) is 10.4. The molecular formula is C29H25F6N3O2. The zero-order valence-corrected chi connectivity index (χ0v) is 22.0. The third-order valence-electron chi connectivity index (χ3n) is 6.71. The molecule has 1 aromatic heterocycles. The summed E-state index contributed by atoms with van der Waals surface area (Å²) in [5.41, 5.74) is -0.639. The maximum atomic E-state index is 13.3. The number of urea groups is 1. The molecule has 0 saturated heterocycles. The first kappa shape index (κ1) is 28.7. The summed E-state index contributed by atoms with van der Waals surface area (Å²) < 4.78 is 81.0. The largest absolute Gasteiger partial charge is 0.416 e. The molecule has 2 amide bonds. The molecule has 0 atom stereocenters. The standard InChI is InChI=1S/C29H25F6N3O2/c1-16-10-22-23(11-17(16)2)26(39)38(4)25(24(22)19-8-6-5-7-9-19)36-27(40)37(3)15-18-12-20(28(30,31)32)14-21(13-18)29(33,34)35/h5-14H,15H2,1-4H3,(H,36,40). The molecule has 210 valence electrons. The number of anilines is 1. The molecule has 4 aromatic rings. The van der Waals surface area contributed by atoms with Gasteiger partial charge in [0, 0.05) is 31.6 Å². The lowest BCUT2D eigenvalue weighted by atomic mass is 9.95. The lowest BCUT2D eigenvalue weighted by molar-refractivity contribution is -0.143. The predicted octanol–water partition coefficient (Wildman–Crippen LogP) is 7.52. The first-order valence-electron chi connectivity index (χ1n) is 12.1. The zero-order chi connectivity index (χ0) is 29.6. The number of pyridine rings is 1. The van der Waals surface area contributed by atoms with E-state index in [0.29, 0.717) is 34.0 Å². The first-order valence-corrected chi connectivity index (χ1v) is 12.1. The highest BCUT2D eigenvalue weighted by Crippen LogP contribution is 2.37. The monoisotopic (exact) mass is 561 g/mol. The van der Waals surface area contributed by atoms with Gasteiger partial charge in [0.15, 0.2) is 0 Å². The van der Waals surface area contributed by atoms with E-state index in [4.69, 9.17) is 0 Å². The highest BCUT2D eigenvalue weighted by atomic mass is 19.4. The number of nitrogens with zero attached hydrogens (tertiary/aromatic N) is 2. The number of rotatable bonds is 4. The van der Waals surface area contributed by atoms with Crippen molar-refractivity contribution in [2.75, 3.05) is 12.4 Å². The molecule has 0 bridgehead atoms. The van der Waals surface area contributed by atoms with Gasteiger partial charge in [-0.3, -0.25) is 14.7 Å². The Hall–Kier alpha value is -4.28. The molecule has 0 fully saturated rings. The van der Waals surface area contributed by atoms with E-state index < -0.39 is 36.1 Å². The third kappa shape index (κ3) is 5.68. The van der Waals surface area contributed by atoms with E-state index in [1.54, 1.807) is 36.4 Å². The molecule has 4 rings (SSSR count). The topological polar surface area (TPSA) is 54.3 Å². The van der Waals surface area contributed by atoms with Crippen LogP contribution in [0, 0.1) is 13.8 Å². The van der Waals surface area contributed by atoms with Gasteiger partial charge in [0.2, 0.25) is 0 Å². The summed E-state index contributed by atoms with van der Waals surface area (Å²) in [6.45, 7) is 3.20. The van der Waals surface area contributed by atoms with Gasteiger partial charge >= 0.3 is 18.4 Å². The average molecular weight is 562 g/mol. The number of halogens is 6. The van der Waals surface area contributed by atoms with Crippen molar-refractivity contribution in [3.8, 4) is 11.1 Å². The Morgan fingerprint density at radius 1 is 0.850 bits per heavy atom. The molecule has 0 aliphatic carbocycles. The number of aryl methyl sites for hydroxylation is 2. The van der Waals surface area contributed by atoms with Crippen LogP contribution < -0.4 is 10.9 Å². The lowest BCUT2D eigenvalue weighted by Gasteiger charge is -2.23. The molecule has 0 aliphatic rings. The van der Waals surface area contributed by atoms with Crippen LogP contribution in [0.1, 0.15) is 27.8 Å². The van der Waals surface area contributed by atoms with Crippen molar-refractivity contribution in [3.05, 3.63) is 98.8 Å². The predicted molar refractivity (Wildman–Crippen MR) is 141 cm³/mol. The average Bonchev–Trinajstić information content (AvgIpc) is 2.88. The molecule has 3 aromatic carbocycles. The zero-order valence-electron chi connectivity index (χ0n) is 22.0. The molecule has 11 heteroatoms. The first-order chi connectivity index (χ1) is 18.6. The van der Waals surface area contributed by atoms with Crippen LogP contribution in [-0.2, 0) is 25.9 Å². The highest BCUT2D eigenvalue weighted by molar-refractivity contribution is 6.05. The third-order valence-corrected chi connectivity index (χ3v) is 6.71. The van der Waals surface area contributed by atoms with Gasteiger partial charge in [0.1, 0.15) is 5.82 Å². The van der Waals surface area contributed by atoms with Gasteiger partial charge < -0.3 is 4.90 Å². The number of nitrogens with one attached hydrogen (secondary N) is 1. The Balaban J connectivity index is 1.78. The van der Waals surface area contributed by atoms with Gasteiger partial charge in [-0.15, -0.1) is 0 Å². The van der Waals surface area contributed by atoms with Crippen molar-refractivity contribution >= 4 is 22.6 Å². The van der Waals surface area contributed by atoms with Crippen molar-refractivity contribution in [2.24, 2.45) is 7.05 Å². The van der Waals surface area contributed by atoms with Crippen molar-refractivity contribution in [2.45, 2.75) is 32.7 Å². The highest BCUT2D eigenvalue weighted by Gasteiger charge is 2.37. The molecule has 0 radical (unpaired) electrons. The Bertz CT molecular complexity index is 1630. The molecule has 0 aliphatic heterocycles. The van der Waals surface area contributed by atoms with Crippen LogP contribution in [0.4, 0.5) is 37.0 Å². The summed E-state index contributed by atoms with van der Waals surface area (Å²) in [5, 5.41) is 3.68. The van der Waals surface area contributed by atoms with Crippen LogP contribution in [0.5, 0.6) is 0 Å². The van der Waals surface area contributed by atoms with E-state index >= 15 is 0 Å². The fraction of sp³-hybridized carbons (Fsp3) is 0.241. The normalized spacial score (nSPS) is 12.1. The Morgan fingerprint density at radius 2 is 1.38 bits per heavy atom.